The van der Waals surface area contributed by atoms with E-state index in [0.717, 1.165) is 17.7 Å². The predicted molar refractivity (Wildman–Crippen MR) is 111 cm³/mol. The van der Waals surface area contributed by atoms with Crippen LogP contribution in [0.25, 0.3) is 5.82 Å². The Labute approximate surface area is 179 Å². The SMILES string of the molecule is O=c1ccc(-n2cncn2)nn1CC1CCN(S(=O)(=O)c2ccc3c(c2)CCO3)CC1. The highest BCUT2D eigenvalue weighted by atomic mass is 32.2. The van der Waals surface area contributed by atoms with Gasteiger partial charge in [-0.25, -0.2) is 22.8 Å². The Kier molecular flexibility index (Phi) is 5.06. The number of aromatic nitrogens is 5. The van der Waals surface area contributed by atoms with Crippen molar-refractivity contribution < 1.29 is 13.2 Å². The summed E-state index contributed by atoms with van der Waals surface area (Å²) in [5.41, 5.74) is 0.743. The second-order valence-corrected chi connectivity index (χ2v) is 9.71. The summed E-state index contributed by atoms with van der Waals surface area (Å²) in [5, 5.41) is 8.42. The van der Waals surface area contributed by atoms with Crippen LogP contribution in [0.15, 0.2) is 52.7 Å². The number of benzene rings is 1. The van der Waals surface area contributed by atoms with Gasteiger partial charge >= 0.3 is 0 Å². The molecular formula is C20H22N6O4S. The van der Waals surface area contributed by atoms with Gasteiger partial charge in [-0.1, -0.05) is 0 Å². The van der Waals surface area contributed by atoms with Crippen molar-refractivity contribution in [2.24, 2.45) is 5.92 Å². The smallest absolute Gasteiger partial charge is 0.266 e. The molecule has 0 spiro atoms. The molecule has 4 heterocycles. The third-order valence-corrected chi connectivity index (χ3v) is 7.70. The molecule has 2 aliphatic heterocycles. The van der Waals surface area contributed by atoms with E-state index in [1.54, 1.807) is 24.3 Å². The van der Waals surface area contributed by atoms with E-state index in [1.165, 1.54) is 32.4 Å². The molecule has 0 radical (unpaired) electrons. The molecule has 2 aliphatic rings. The highest BCUT2D eigenvalue weighted by Crippen LogP contribution is 2.30. The zero-order valence-electron chi connectivity index (χ0n) is 16.8. The minimum atomic E-state index is -3.55. The molecule has 5 rings (SSSR count). The lowest BCUT2D eigenvalue weighted by atomic mass is 9.98. The molecule has 1 saturated heterocycles. The third kappa shape index (κ3) is 3.86. The van der Waals surface area contributed by atoms with E-state index >= 15 is 0 Å². The zero-order valence-corrected chi connectivity index (χ0v) is 17.6. The monoisotopic (exact) mass is 442 g/mol. The second kappa shape index (κ2) is 7.89. The number of rotatable bonds is 5. The fourth-order valence-corrected chi connectivity index (χ4v) is 5.59. The summed E-state index contributed by atoms with van der Waals surface area (Å²) in [6, 6.07) is 8.14. The number of sulfonamides is 1. The maximum Gasteiger partial charge on any atom is 0.266 e. The minimum absolute atomic E-state index is 0.163. The standard InChI is InChI=1S/C20H22N6O4S/c27-20-4-3-19(26-14-21-13-22-26)23-25(20)12-15-5-8-24(9-6-15)31(28,29)17-1-2-18-16(11-17)7-10-30-18/h1-4,11,13-15H,5-10,12H2. The van der Waals surface area contributed by atoms with Gasteiger partial charge in [-0.2, -0.15) is 9.40 Å². The van der Waals surface area contributed by atoms with Crippen molar-refractivity contribution in [3.63, 3.8) is 0 Å². The summed E-state index contributed by atoms with van der Waals surface area (Å²) >= 11 is 0. The van der Waals surface area contributed by atoms with Gasteiger partial charge in [-0.3, -0.25) is 4.79 Å². The summed E-state index contributed by atoms with van der Waals surface area (Å²) in [7, 11) is -3.55. The molecule has 0 atom stereocenters. The fraction of sp³-hybridized carbons (Fsp3) is 0.400. The van der Waals surface area contributed by atoms with Gasteiger partial charge in [0, 0.05) is 32.1 Å². The van der Waals surface area contributed by atoms with E-state index < -0.39 is 10.0 Å². The summed E-state index contributed by atoms with van der Waals surface area (Å²) in [6.07, 6.45) is 4.98. The first-order chi connectivity index (χ1) is 15.0. The predicted octanol–water partition coefficient (Wildman–Crippen LogP) is 0.860. The maximum absolute atomic E-state index is 13.1. The average molecular weight is 443 g/mol. The first-order valence-corrected chi connectivity index (χ1v) is 11.6. The van der Waals surface area contributed by atoms with Gasteiger partial charge in [0.1, 0.15) is 18.4 Å². The first-order valence-electron chi connectivity index (χ1n) is 10.2. The minimum Gasteiger partial charge on any atom is -0.493 e. The van der Waals surface area contributed by atoms with Crippen molar-refractivity contribution in [1.82, 2.24) is 28.9 Å². The summed E-state index contributed by atoms with van der Waals surface area (Å²) < 4.78 is 36.1. The molecule has 0 amide bonds. The van der Waals surface area contributed by atoms with Crippen LogP contribution in [-0.4, -0.2) is 57.0 Å². The lowest BCUT2D eigenvalue weighted by Crippen LogP contribution is -2.40. The summed E-state index contributed by atoms with van der Waals surface area (Å²) in [5.74, 6) is 1.44. The van der Waals surface area contributed by atoms with E-state index in [9.17, 15) is 13.2 Å². The lowest BCUT2D eigenvalue weighted by molar-refractivity contribution is 0.244. The van der Waals surface area contributed by atoms with Crippen LogP contribution in [0.5, 0.6) is 5.75 Å². The number of fused-ring (bicyclic) bond motifs is 1. The Morgan fingerprint density at radius 3 is 2.74 bits per heavy atom. The molecule has 0 aliphatic carbocycles. The number of piperidine rings is 1. The fourth-order valence-electron chi connectivity index (χ4n) is 4.07. The molecule has 0 unspecified atom stereocenters. The van der Waals surface area contributed by atoms with Crippen LogP contribution in [0.1, 0.15) is 18.4 Å². The van der Waals surface area contributed by atoms with Crippen LogP contribution in [0, 0.1) is 5.92 Å². The Bertz CT molecular complexity index is 1250. The van der Waals surface area contributed by atoms with Crippen molar-refractivity contribution in [3.05, 3.63) is 58.9 Å². The van der Waals surface area contributed by atoms with Gasteiger partial charge in [0.05, 0.1) is 11.5 Å². The van der Waals surface area contributed by atoms with Gasteiger partial charge < -0.3 is 4.74 Å². The van der Waals surface area contributed by atoms with Crippen LogP contribution in [0.4, 0.5) is 0 Å². The molecule has 2 aromatic heterocycles. The molecule has 0 saturated carbocycles. The Morgan fingerprint density at radius 1 is 1.13 bits per heavy atom. The first kappa shape index (κ1) is 19.9. The Morgan fingerprint density at radius 2 is 1.97 bits per heavy atom. The molecule has 0 N–H and O–H groups in total. The Hall–Kier alpha value is -3.05. The van der Waals surface area contributed by atoms with Gasteiger partial charge in [-0.05, 0) is 48.6 Å². The van der Waals surface area contributed by atoms with Crippen molar-refractivity contribution in [3.8, 4) is 11.6 Å². The molecule has 3 aromatic rings. The highest BCUT2D eigenvalue weighted by molar-refractivity contribution is 7.89. The maximum atomic E-state index is 13.1. The van der Waals surface area contributed by atoms with Crippen molar-refractivity contribution >= 4 is 10.0 Å². The number of ether oxygens (including phenoxy) is 1. The molecule has 11 heteroatoms. The van der Waals surface area contributed by atoms with Crippen LogP contribution >= 0.6 is 0 Å². The topological polar surface area (TPSA) is 112 Å². The number of nitrogens with zero attached hydrogens (tertiary/aromatic N) is 6. The second-order valence-electron chi connectivity index (χ2n) is 7.77. The van der Waals surface area contributed by atoms with Gasteiger partial charge in [0.2, 0.25) is 10.0 Å². The normalized spacial score (nSPS) is 17.4. The molecule has 162 valence electrons. The van der Waals surface area contributed by atoms with Crippen molar-refractivity contribution in [2.75, 3.05) is 19.7 Å². The van der Waals surface area contributed by atoms with Gasteiger partial charge in [-0.15, -0.1) is 5.10 Å². The van der Waals surface area contributed by atoms with Gasteiger partial charge in [0.25, 0.3) is 5.56 Å². The van der Waals surface area contributed by atoms with Crippen molar-refractivity contribution in [1.29, 1.82) is 0 Å². The van der Waals surface area contributed by atoms with Crippen LogP contribution < -0.4 is 10.3 Å². The molecule has 10 nitrogen and oxygen atoms in total. The number of hydrogen-bond donors (Lipinski definition) is 0. The Balaban J connectivity index is 1.27. The van der Waals surface area contributed by atoms with E-state index in [1.807, 2.05) is 0 Å². The van der Waals surface area contributed by atoms with Crippen LogP contribution in [0.3, 0.4) is 0 Å². The van der Waals surface area contributed by atoms with Gasteiger partial charge in [0.15, 0.2) is 5.82 Å². The van der Waals surface area contributed by atoms with Crippen LogP contribution in [0.2, 0.25) is 0 Å². The quantitative estimate of drug-likeness (QED) is 0.576. The molecule has 1 fully saturated rings. The largest absolute Gasteiger partial charge is 0.493 e. The lowest BCUT2D eigenvalue weighted by Gasteiger charge is -2.31. The van der Waals surface area contributed by atoms with E-state index in [2.05, 4.69) is 15.2 Å². The summed E-state index contributed by atoms with van der Waals surface area (Å²) in [6.45, 7) is 1.86. The molecular weight excluding hydrogens is 420 g/mol. The summed E-state index contributed by atoms with van der Waals surface area (Å²) in [4.78, 5) is 16.5. The molecule has 0 bridgehead atoms. The number of hydrogen-bond acceptors (Lipinski definition) is 7. The third-order valence-electron chi connectivity index (χ3n) is 5.81. The molecule has 1 aromatic carbocycles. The van der Waals surface area contributed by atoms with Crippen molar-refractivity contribution in [2.45, 2.75) is 30.7 Å². The highest BCUT2D eigenvalue weighted by Gasteiger charge is 2.30. The zero-order chi connectivity index (χ0) is 21.4. The van der Waals surface area contributed by atoms with E-state index in [4.69, 9.17) is 4.74 Å². The van der Waals surface area contributed by atoms with E-state index in [-0.39, 0.29) is 11.5 Å². The van der Waals surface area contributed by atoms with Crippen LogP contribution in [-0.2, 0) is 23.0 Å². The average Bonchev–Trinajstić information content (AvgIpc) is 3.47. The van der Waals surface area contributed by atoms with E-state index in [0.29, 0.717) is 49.8 Å². The molecule has 31 heavy (non-hydrogen) atoms.